The number of benzene rings is 2. The first-order valence-corrected chi connectivity index (χ1v) is 8.23. The molecule has 24 heavy (non-hydrogen) atoms. The van der Waals surface area contributed by atoms with Crippen molar-refractivity contribution in [1.82, 2.24) is 5.32 Å². The van der Waals surface area contributed by atoms with E-state index in [9.17, 15) is 0 Å². The summed E-state index contributed by atoms with van der Waals surface area (Å²) in [5, 5.41) is 3.57. The van der Waals surface area contributed by atoms with E-state index in [0.29, 0.717) is 6.04 Å². The van der Waals surface area contributed by atoms with Gasteiger partial charge in [0.25, 0.3) is 0 Å². The van der Waals surface area contributed by atoms with Gasteiger partial charge in [-0.3, -0.25) is 0 Å². The van der Waals surface area contributed by atoms with Gasteiger partial charge >= 0.3 is 0 Å². The lowest BCUT2D eigenvalue weighted by Crippen LogP contribution is -2.29. The fraction of sp³-hybridized carbons (Fsp3) is 0.400. The highest BCUT2D eigenvalue weighted by atomic mass is 16.5. The molecular formula is C20H27NO3. The first kappa shape index (κ1) is 18.1. The highest BCUT2D eigenvalue weighted by molar-refractivity contribution is 5.42. The van der Waals surface area contributed by atoms with Crippen LogP contribution in [0.4, 0.5) is 0 Å². The summed E-state index contributed by atoms with van der Waals surface area (Å²) >= 11 is 0. The van der Waals surface area contributed by atoms with Gasteiger partial charge in [0.05, 0.1) is 21.3 Å². The average Bonchev–Trinajstić information content (AvgIpc) is 2.62. The van der Waals surface area contributed by atoms with Crippen LogP contribution in [0, 0.1) is 0 Å². The Bertz CT molecular complexity index is 625. The van der Waals surface area contributed by atoms with Crippen molar-refractivity contribution >= 4 is 0 Å². The van der Waals surface area contributed by atoms with Crippen molar-refractivity contribution in [2.24, 2.45) is 0 Å². The lowest BCUT2D eigenvalue weighted by Gasteiger charge is -2.15. The first-order chi connectivity index (χ1) is 11.7. The van der Waals surface area contributed by atoms with Crippen molar-refractivity contribution in [3.63, 3.8) is 0 Å². The van der Waals surface area contributed by atoms with Crippen LogP contribution < -0.4 is 19.5 Å². The van der Waals surface area contributed by atoms with Crippen LogP contribution >= 0.6 is 0 Å². The molecule has 0 radical (unpaired) electrons. The van der Waals surface area contributed by atoms with E-state index in [1.165, 1.54) is 11.1 Å². The Hall–Kier alpha value is -2.20. The summed E-state index contributed by atoms with van der Waals surface area (Å²) in [6.07, 6.45) is 1.95. The molecule has 0 bridgehead atoms. The molecule has 0 aromatic heterocycles. The largest absolute Gasteiger partial charge is 0.497 e. The van der Waals surface area contributed by atoms with E-state index in [0.717, 1.165) is 36.6 Å². The maximum absolute atomic E-state index is 5.35. The van der Waals surface area contributed by atoms with E-state index in [1.54, 1.807) is 21.3 Å². The first-order valence-electron chi connectivity index (χ1n) is 8.23. The highest BCUT2D eigenvalue weighted by Crippen LogP contribution is 2.27. The summed E-state index contributed by atoms with van der Waals surface area (Å²) in [7, 11) is 5.00. The third-order valence-corrected chi connectivity index (χ3v) is 4.06. The lowest BCUT2D eigenvalue weighted by atomic mass is 10.1. The van der Waals surface area contributed by atoms with Crippen molar-refractivity contribution in [3.05, 3.63) is 53.6 Å². The minimum atomic E-state index is 0.415. The van der Waals surface area contributed by atoms with Crippen LogP contribution in [0.1, 0.15) is 18.1 Å². The molecule has 2 aromatic carbocycles. The molecule has 0 amide bonds. The molecule has 0 aliphatic heterocycles. The van der Waals surface area contributed by atoms with E-state index in [-0.39, 0.29) is 0 Å². The Kier molecular flexibility index (Phi) is 6.94. The smallest absolute Gasteiger partial charge is 0.160 e. The number of ether oxygens (including phenoxy) is 3. The van der Waals surface area contributed by atoms with E-state index in [4.69, 9.17) is 14.2 Å². The number of hydrogen-bond donors (Lipinski definition) is 1. The third kappa shape index (κ3) is 5.17. The highest BCUT2D eigenvalue weighted by Gasteiger charge is 2.06. The summed E-state index contributed by atoms with van der Waals surface area (Å²) in [6, 6.07) is 14.7. The second-order valence-corrected chi connectivity index (χ2v) is 5.85. The lowest BCUT2D eigenvalue weighted by molar-refractivity contribution is 0.354. The monoisotopic (exact) mass is 329 g/mol. The summed E-state index contributed by atoms with van der Waals surface area (Å²) < 4.78 is 15.8. The van der Waals surface area contributed by atoms with Gasteiger partial charge in [-0.05, 0) is 61.7 Å². The van der Waals surface area contributed by atoms with Gasteiger partial charge < -0.3 is 19.5 Å². The van der Waals surface area contributed by atoms with E-state index in [2.05, 4.69) is 30.4 Å². The van der Waals surface area contributed by atoms with Gasteiger partial charge in [0.1, 0.15) is 5.75 Å². The molecule has 1 atom stereocenters. The molecule has 1 N–H and O–H groups in total. The van der Waals surface area contributed by atoms with Gasteiger partial charge in [-0.1, -0.05) is 18.2 Å². The average molecular weight is 329 g/mol. The van der Waals surface area contributed by atoms with Gasteiger partial charge in [0.15, 0.2) is 11.5 Å². The summed E-state index contributed by atoms with van der Waals surface area (Å²) in [4.78, 5) is 0. The summed E-state index contributed by atoms with van der Waals surface area (Å²) in [5.74, 6) is 2.44. The molecule has 4 nitrogen and oxygen atoms in total. The van der Waals surface area contributed by atoms with Crippen LogP contribution in [0.25, 0.3) is 0 Å². The van der Waals surface area contributed by atoms with Crippen LogP contribution in [0.5, 0.6) is 17.2 Å². The Labute approximate surface area is 144 Å². The zero-order valence-electron chi connectivity index (χ0n) is 15.0. The molecule has 0 fully saturated rings. The minimum absolute atomic E-state index is 0.415. The Morgan fingerprint density at radius 1 is 0.833 bits per heavy atom. The number of hydrogen-bond acceptors (Lipinski definition) is 4. The van der Waals surface area contributed by atoms with Crippen LogP contribution in [0.2, 0.25) is 0 Å². The topological polar surface area (TPSA) is 39.7 Å². The quantitative estimate of drug-likeness (QED) is 0.764. The van der Waals surface area contributed by atoms with Crippen LogP contribution in [-0.4, -0.2) is 33.9 Å². The molecule has 2 aromatic rings. The van der Waals surface area contributed by atoms with Crippen LogP contribution in [0.15, 0.2) is 42.5 Å². The van der Waals surface area contributed by atoms with Crippen molar-refractivity contribution in [1.29, 1.82) is 0 Å². The van der Waals surface area contributed by atoms with Gasteiger partial charge in [-0.25, -0.2) is 0 Å². The molecule has 0 saturated carbocycles. The maximum atomic E-state index is 5.35. The Balaban J connectivity index is 1.80. The fourth-order valence-electron chi connectivity index (χ4n) is 2.69. The molecule has 0 aliphatic rings. The van der Waals surface area contributed by atoms with Crippen molar-refractivity contribution in [2.75, 3.05) is 27.9 Å². The maximum Gasteiger partial charge on any atom is 0.160 e. The molecule has 0 unspecified atom stereocenters. The standard InChI is InChI=1S/C20H27NO3/c1-15(13-16-5-8-18(22-2)9-6-16)21-12-11-17-7-10-19(23-3)20(14-17)24-4/h5-10,14-15,21H,11-13H2,1-4H3/t15-/m1/s1. The van der Waals surface area contributed by atoms with Crippen molar-refractivity contribution in [2.45, 2.75) is 25.8 Å². The van der Waals surface area contributed by atoms with Gasteiger partial charge in [-0.2, -0.15) is 0 Å². The number of rotatable bonds is 9. The molecular weight excluding hydrogens is 302 g/mol. The Morgan fingerprint density at radius 2 is 1.50 bits per heavy atom. The van der Waals surface area contributed by atoms with Gasteiger partial charge in [0.2, 0.25) is 0 Å². The molecule has 2 rings (SSSR count). The van der Waals surface area contributed by atoms with Crippen molar-refractivity contribution in [3.8, 4) is 17.2 Å². The zero-order valence-corrected chi connectivity index (χ0v) is 15.0. The molecule has 0 aliphatic carbocycles. The Morgan fingerprint density at radius 3 is 2.12 bits per heavy atom. The molecule has 130 valence electrons. The molecule has 0 spiro atoms. The predicted octanol–water partition coefficient (Wildman–Crippen LogP) is 3.48. The second kappa shape index (κ2) is 9.18. The van der Waals surface area contributed by atoms with E-state index < -0.39 is 0 Å². The minimum Gasteiger partial charge on any atom is -0.497 e. The zero-order chi connectivity index (χ0) is 17.4. The van der Waals surface area contributed by atoms with E-state index in [1.807, 2.05) is 24.3 Å². The van der Waals surface area contributed by atoms with Crippen molar-refractivity contribution < 1.29 is 14.2 Å². The van der Waals surface area contributed by atoms with E-state index >= 15 is 0 Å². The van der Waals surface area contributed by atoms with Gasteiger partial charge in [-0.15, -0.1) is 0 Å². The normalized spacial score (nSPS) is 11.8. The van der Waals surface area contributed by atoms with Crippen LogP contribution in [-0.2, 0) is 12.8 Å². The third-order valence-electron chi connectivity index (χ3n) is 4.06. The molecule has 0 saturated heterocycles. The predicted molar refractivity (Wildman–Crippen MR) is 97.4 cm³/mol. The van der Waals surface area contributed by atoms with Crippen LogP contribution in [0.3, 0.4) is 0 Å². The SMILES string of the molecule is COc1ccc(C[C@@H](C)NCCc2ccc(OC)c(OC)c2)cc1. The summed E-state index contributed by atoms with van der Waals surface area (Å²) in [5.41, 5.74) is 2.54. The number of nitrogens with one attached hydrogen (secondary N) is 1. The molecule has 0 heterocycles. The fourth-order valence-corrected chi connectivity index (χ4v) is 2.69. The molecule has 4 heteroatoms. The second-order valence-electron chi connectivity index (χ2n) is 5.85. The summed E-state index contributed by atoms with van der Waals surface area (Å²) in [6.45, 7) is 3.13. The van der Waals surface area contributed by atoms with Gasteiger partial charge in [0, 0.05) is 6.04 Å². The number of methoxy groups -OCH3 is 3.